The Bertz CT molecular complexity index is 553. The molecule has 1 saturated carbocycles. The molecule has 0 heterocycles. The minimum atomic E-state index is 0.00169. The van der Waals surface area contributed by atoms with E-state index in [-0.39, 0.29) is 6.10 Å². The second kappa shape index (κ2) is 10.4. The number of methoxy groups -OCH3 is 1. The van der Waals surface area contributed by atoms with Gasteiger partial charge < -0.3 is 20.1 Å². The number of nitrogens with one attached hydrogen (secondary N) is 2. The molecule has 2 N–H and O–H groups in total. The SMILES string of the molecule is CCSC1CCC(NC(=NC)NCC(C)Oc2ccccc2OC)C1. The van der Waals surface area contributed by atoms with E-state index >= 15 is 0 Å². The lowest BCUT2D eigenvalue weighted by Crippen LogP contribution is -2.45. The van der Waals surface area contributed by atoms with Gasteiger partial charge in [0.15, 0.2) is 17.5 Å². The molecule has 140 valence electrons. The number of guanidine groups is 1. The lowest BCUT2D eigenvalue weighted by atomic mass is 10.2. The minimum absolute atomic E-state index is 0.00169. The van der Waals surface area contributed by atoms with Gasteiger partial charge in [-0.2, -0.15) is 11.8 Å². The van der Waals surface area contributed by atoms with Crippen molar-refractivity contribution in [1.29, 1.82) is 0 Å². The van der Waals surface area contributed by atoms with Crippen molar-refractivity contribution < 1.29 is 9.47 Å². The summed E-state index contributed by atoms with van der Waals surface area (Å²) in [5.74, 6) is 3.56. The van der Waals surface area contributed by atoms with Crippen LogP contribution in [0.5, 0.6) is 11.5 Å². The highest BCUT2D eigenvalue weighted by atomic mass is 32.2. The summed E-state index contributed by atoms with van der Waals surface area (Å²) in [6.45, 7) is 4.95. The van der Waals surface area contributed by atoms with Crippen LogP contribution in [0.1, 0.15) is 33.1 Å². The van der Waals surface area contributed by atoms with Crippen LogP contribution in [-0.4, -0.2) is 49.8 Å². The summed E-state index contributed by atoms with van der Waals surface area (Å²) in [5.41, 5.74) is 0. The summed E-state index contributed by atoms with van der Waals surface area (Å²) >= 11 is 2.07. The summed E-state index contributed by atoms with van der Waals surface area (Å²) in [6, 6.07) is 8.23. The molecule has 2 rings (SSSR count). The highest BCUT2D eigenvalue weighted by molar-refractivity contribution is 7.99. The van der Waals surface area contributed by atoms with E-state index in [1.165, 1.54) is 25.0 Å². The molecular weight excluding hydrogens is 334 g/mol. The lowest BCUT2D eigenvalue weighted by molar-refractivity contribution is 0.213. The van der Waals surface area contributed by atoms with Gasteiger partial charge in [0.1, 0.15) is 6.10 Å². The summed E-state index contributed by atoms with van der Waals surface area (Å²) in [5, 5.41) is 7.69. The zero-order chi connectivity index (χ0) is 18.1. The molecule has 1 aromatic carbocycles. The predicted octanol–water partition coefficient (Wildman–Crippen LogP) is 3.30. The molecular formula is C19H31N3O2S. The van der Waals surface area contributed by atoms with Crippen LogP contribution in [-0.2, 0) is 0 Å². The molecule has 0 spiro atoms. The number of ether oxygens (including phenoxy) is 2. The molecule has 25 heavy (non-hydrogen) atoms. The van der Waals surface area contributed by atoms with Gasteiger partial charge in [0, 0.05) is 18.3 Å². The van der Waals surface area contributed by atoms with Crippen LogP contribution in [0.15, 0.2) is 29.3 Å². The smallest absolute Gasteiger partial charge is 0.191 e. The van der Waals surface area contributed by atoms with Gasteiger partial charge in [0.2, 0.25) is 0 Å². The molecule has 1 fully saturated rings. The average Bonchev–Trinajstić information content (AvgIpc) is 3.06. The first-order valence-corrected chi connectivity index (χ1v) is 10.1. The fourth-order valence-electron chi connectivity index (χ4n) is 3.06. The van der Waals surface area contributed by atoms with E-state index in [2.05, 4.69) is 34.3 Å². The zero-order valence-corrected chi connectivity index (χ0v) is 16.6. The zero-order valence-electron chi connectivity index (χ0n) is 15.7. The Kier molecular flexibility index (Phi) is 8.25. The van der Waals surface area contributed by atoms with Crippen LogP contribution in [0.25, 0.3) is 0 Å². The maximum Gasteiger partial charge on any atom is 0.191 e. The number of hydrogen-bond donors (Lipinski definition) is 2. The van der Waals surface area contributed by atoms with Crippen molar-refractivity contribution in [2.24, 2.45) is 4.99 Å². The standard InChI is InChI=1S/C19H31N3O2S/c1-5-25-16-11-10-15(12-16)22-19(20-3)21-13-14(2)24-18-9-7-6-8-17(18)23-4/h6-9,14-16H,5,10-13H2,1-4H3,(H2,20,21,22). The highest BCUT2D eigenvalue weighted by Gasteiger charge is 2.25. The van der Waals surface area contributed by atoms with Gasteiger partial charge in [0.05, 0.1) is 13.7 Å². The van der Waals surface area contributed by atoms with E-state index in [1.54, 1.807) is 7.11 Å². The second-order valence-electron chi connectivity index (χ2n) is 6.26. The minimum Gasteiger partial charge on any atom is -0.493 e. The van der Waals surface area contributed by atoms with E-state index in [1.807, 2.05) is 38.2 Å². The summed E-state index contributed by atoms with van der Waals surface area (Å²) in [6.07, 6.45) is 3.72. The molecule has 0 aromatic heterocycles. The van der Waals surface area contributed by atoms with E-state index in [0.29, 0.717) is 12.6 Å². The highest BCUT2D eigenvalue weighted by Crippen LogP contribution is 2.29. The van der Waals surface area contributed by atoms with Crippen molar-refractivity contribution in [3.63, 3.8) is 0 Å². The Morgan fingerprint density at radius 3 is 2.76 bits per heavy atom. The van der Waals surface area contributed by atoms with Gasteiger partial charge >= 0.3 is 0 Å². The van der Waals surface area contributed by atoms with E-state index < -0.39 is 0 Å². The summed E-state index contributed by atoms with van der Waals surface area (Å²) < 4.78 is 11.3. The van der Waals surface area contributed by atoms with Gasteiger partial charge in [-0.25, -0.2) is 0 Å². The number of hydrogen-bond acceptors (Lipinski definition) is 4. The topological polar surface area (TPSA) is 54.9 Å². The molecule has 0 aliphatic heterocycles. The molecule has 1 aromatic rings. The maximum atomic E-state index is 5.98. The van der Waals surface area contributed by atoms with Crippen LogP contribution in [0.3, 0.4) is 0 Å². The van der Waals surface area contributed by atoms with E-state index in [4.69, 9.17) is 9.47 Å². The fourth-order valence-corrected chi connectivity index (χ4v) is 4.20. The molecule has 0 saturated heterocycles. The monoisotopic (exact) mass is 365 g/mol. The summed E-state index contributed by atoms with van der Waals surface area (Å²) in [4.78, 5) is 4.34. The van der Waals surface area contributed by atoms with Gasteiger partial charge in [-0.15, -0.1) is 0 Å². The predicted molar refractivity (Wildman–Crippen MR) is 107 cm³/mol. The first-order valence-electron chi connectivity index (χ1n) is 9.04. The van der Waals surface area contributed by atoms with Crippen molar-refractivity contribution in [2.75, 3.05) is 26.5 Å². The molecule has 0 amide bonds. The second-order valence-corrected chi connectivity index (χ2v) is 7.84. The van der Waals surface area contributed by atoms with Gasteiger partial charge in [-0.05, 0) is 44.1 Å². The van der Waals surface area contributed by atoms with Crippen LogP contribution in [0, 0.1) is 0 Å². The maximum absolute atomic E-state index is 5.98. The van der Waals surface area contributed by atoms with Crippen molar-refractivity contribution in [1.82, 2.24) is 10.6 Å². The van der Waals surface area contributed by atoms with Crippen molar-refractivity contribution >= 4 is 17.7 Å². The van der Waals surface area contributed by atoms with Crippen molar-refractivity contribution in [2.45, 2.75) is 50.5 Å². The fraction of sp³-hybridized carbons (Fsp3) is 0.632. The van der Waals surface area contributed by atoms with Crippen LogP contribution < -0.4 is 20.1 Å². The lowest BCUT2D eigenvalue weighted by Gasteiger charge is -2.21. The number of benzene rings is 1. The molecule has 6 heteroatoms. The molecule has 3 atom stereocenters. The third-order valence-electron chi connectivity index (χ3n) is 4.31. The molecule has 0 radical (unpaired) electrons. The number of nitrogens with zero attached hydrogens (tertiary/aromatic N) is 1. The number of rotatable bonds is 8. The van der Waals surface area contributed by atoms with Gasteiger partial charge in [-0.1, -0.05) is 19.1 Å². The molecule has 1 aliphatic rings. The normalized spacial score (nSPS) is 21.7. The number of thioether (sulfide) groups is 1. The molecule has 0 bridgehead atoms. The average molecular weight is 366 g/mol. The summed E-state index contributed by atoms with van der Waals surface area (Å²) in [7, 11) is 3.47. The quantitative estimate of drug-likeness (QED) is 0.547. The van der Waals surface area contributed by atoms with Crippen molar-refractivity contribution in [3.05, 3.63) is 24.3 Å². The van der Waals surface area contributed by atoms with E-state index in [0.717, 1.165) is 22.7 Å². The van der Waals surface area contributed by atoms with Gasteiger partial charge in [0.25, 0.3) is 0 Å². The third-order valence-corrected chi connectivity index (χ3v) is 5.54. The largest absolute Gasteiger partial charge is 0.493 e. The van der Waals surface area contributed by atoms with Crippen molar-refractivity contribution in [3.8, 4) is 11.5 Å². The van der Waals surface area contributed by atoms with Gasteiger partial charge in [-0.3, -0.25) is 4.99 Å². The Morgan fingerprint density at radius 1 is 1.32 bits per heavy atom. The third kappa shape index (κ3) is 6.34. The Morgan fingerprint density at radius 2 is 2.08 bits per heavy atom. The molecule has 3 unspecified atom stereocenters. The van der Waals surface area contributed by atoms with Crippen LogP contribution in [0.4, 0.5) is 0 Å². The number of para-hydroxylation sites is 2. The van der Waals surface area contributed by atoms with Crippen LogP contribution >= 0.6 is 11.8 Å². The Hall–Kier alpha value is -1.56. The Balaban J connectivity index is 1.76. The first kappa shape index (κ1) is 19.8. The number of aliphatic imine (C=N–C) groups is 1. The molecule has 1 aliphatic carbocycles. The van der Waals surface area contributed by atoms with E-state index in [9.17, 15) is 0 Å². The Labute approximate surface area is 156 Å². The van der Waals surface area contributed by atoms with Crippen LogP contribution in [0.2, 0.25) is 0 Å². The first-order chi connectivity index (χ1) is 12.2. The molecule has 5 nitrogen and oxygen atoms in total.